The summed E-state index contributed by atoms with van der Waals surface area (Å²) in [5.41, 5.74) is 5.81. The van der Waals surface area contributed by atoms with Gasteiger partial charge in [-0.05, 0) is 56.5 Å². The van der Waals surface area contributed by atoms with E-state index >= 15 is 0 Å². The zero-order valence-electron chi connectivity index (χ0n) is 17.9. The number of allylic oxidation sites excluding steroid dienone is 1. The number of hydroxylamine groups is 1. The Morgan fingerprint density at radius 3 is 2.68 bits per heavy atom. The summed E-state index contributed by atoms with van der Waals surface area (Å²) in [5, 5.41) is 8.71. The Bertz CT molecular complexity index is 800. The van der Waals surface area contributed by atoms with Gasteiger partial charge in [0.2, 0.25) is 0 Å². The van der Waals surface area contributed by atoms with Gasteiger partial charge in [-0.15, -0.1) is 0 Å². The first-order valence-electron chi connectivity index (χ1n) is 10.6. The smallest absolute Gasteiger partial charge is 0.113 e. The van der Waals surface area contributed by atoms with Gasteiger partial charge in [-0.25, -0.2) is 4.98 Å². The van der Waals surface area contributed by atoms with Crippen molar-refractivity contribution >= 4 is 11.0 Å². The zero-order chi connectivity index (χ0) is 20.1. The van der Waals surface area contributed by atoms with Crippen LogP contribution in [0.3, 0.4) is 0 Å². The first-order chi connectivity index (χ1) is 13.4. The molecular weight excluding hydrogens is 348 g/mol. The number of imidazole rings is 1. The van der Waals surface area contributed by atoms with Crippen LogP contribution in [-0.2, 0) is 13.0 Å². The van der Waals surface area contributed by atoms with E-state index in [4.69, 9.17) is 10.2 Å². The van der Waals surface area contributed by atoms with Crippen LogP contribution in [-0.4, -0.2) is 40.3 Å². The molecule has 28 heavy (non-hydrogen) atoms. The average molecular weight is 385 g/mol. The monoisotopic (exact) mass is 384 g/mol. The molecule has 1 saturated carbocycles. The van der Waals surface area contributed by atoms with Gasteiger partial charge >= 0.3 is 0 Å². The second-order valence-corrected chi connectivity index (χ2v) is 9.35. The predicted octanol–water partition coefficient (Wildman–Crippen LogP) is 4.71. The first-order valence-corrected chi connectivity index (χ1v) is 10.6. The number of fused-ring (bicyclic) bond motifs is 1. The van der Waals surface area contributed by atoms with Crippen molar-refractivity contribution in [3.8, 4) is 0 Å². The Morgan fingerprint density at radius 1 is 1.25 bits per heavy atom. The van der Waals surface area contributed by atoms with Gasteiger partial charge in [0.1, 0.15) is 5.82 Å². The van der Waals surface area contributed by atoms with Gasteiger partial charge in [0.05, 0.1) is 11.0 Å². The van der Waals surface area contributed by atoms with Crippen LogP contribution in [0.15, 0.2) is 30.5 Å². The maximum absolute atomic E-state index is 8.71. The van der Waals surface area contributed by atoms with Crippen LogP contribution in [0.25, 0.3) is 11.0 Å². The number of rotatable bonds is 8. The number of benzene rings is 1. The molecule has 0 aliphatic heterocycles. The molecule has 0 radical (unpaired) electrons. The molecule has 1 aliphatic carbocycles. The van der Waals surface area contributed by atoms with Gasteiger partial charge in [0, 0.05) is 25.2 Å². The summed E-state index contributed by atoms with van der Waals surface area (Å²) in [4.78, 5) is 7.43. The minimum Gasteiger partial charge on any atom is -0.327 e. The third-order valence-electron chi connectivity index (χ3n) is 5.69. The maximum atomic E-state index is 8.71. The van der Waals surface area contributed by atoms with Crippen LogP contribution < -0.4 is 5.48 Å². The molecule has 2 N–H and O–H groups in total. The maximum Gasteiger partial charge on any atom is 0.113 e. The van der Waals surface area contributed by atoms with Gasteiger partial charge in [-0.2, -0.15) is 0 Å². The highest BCUT2D eigenvalue weighted by molar-refractivity contribution is 5.77. The van der Waals surface area contributed by atoms with E-state index in [2.05, 4.69) is 61.1 Å². The van der Waals surface area contributed by atoms with E-state index in [0.717, 1.165) is 25.0 Å². The molecule has 1 heterocycles. The van der Waals surface area contributed by atoms with Gasteiger partial charge < -0.3 is 9.47 Å². The van der Waals surface area contributed by atoms with Gasteiger partial charge in [-0.1, -0.05) is 45.3 Å². The van der Waals surface area contributed by atoms with E-state index in [-0.39, 0.29) is 5.41 Å². The molecule has 2 aromatic rings. The molecule has 0 unspecified atom stereocenters. The molecule has 1 aliphatic rings. The van der Waals surface area contributed by atoms with Crippen molar-refractivity contribution in [3.63, 3.8) is 0 Å². The normalized spacial score (nSPS) is 16.5. The van der Waals surface area contributed by atoms with Crippen molar-refractivity contribution in [3.05, 3.63) is 41.9 Å². The molecule has 5 heteroatoms. The van der Waals surface area contributed by atoms with E-state index in [1.165, 1.54) is 49.0 Å². The molecule has 1 fully saturated rings. The average Bonchev–Trinajstić information content (AvgIpc) is 2.99. The van der Waals surface area contributed by atoms with Crippen LogP contribution in [0.2, 0.25) is 0 Å². The largest absolute Gasteiger partial charge is 0.327 e. The fourth-order valence-corrected chi connectivity index (χ4v) is 4.74. The second kappa shape index (κ2) is 9.10. The first kappa shape index (κ1) is 20.9. The van der Waals surface area contributed by atoms with Gasteiger partial charge in [0.25, 0.3) is 0 Å². The lowest BCUT2D eigenvalue weighted by Gasteiger charge is -2.31. The second-order valence-electron chi connectivity index (χ2n) is 9.35. The quantitative estimate of drug-likeness (QED) is 0.647. The number of nitrogens with one attached hydrogen (secondary N) is 1. The predicted molar refractivity (Wildman–Crippen MR) is 116 cm³/mol. The van der Waals surface area contributed by atoms with E-state index in [9.17, 15) is 0 Å². The summed E-state index contributed by atoms with van der Waals surface area (Å²) in [7, 11) is 4.30. The Balaban J connectivity index is 1.98. The summed E-state index contributed by atoms with van der Waals surface area (Å²) in [6, 6.07) is 6.63. The van der Waals surface area contributed by atoms with Crippen molar-refractivity contribution in [1.29, 1.82) is 0 Å². The molecular formula is C23H36N4O. The minimum atomic E-state index is 0.175. The minimum absolute atomic E-state index is 0.175. The summed E-state index contributed by atoms with van der Waals surface area (Å²) in [6.45, 7) is 6.74. The Kier molecular flexibility index (Phi) is 6.78. The van der Waals surface area contributed by atoms with Crippen molar-refractivity contribution < 1.29 is 5.21 Å². The molecule has 3 rings (SSSR count). The summed E-state index contributed by atoms with van der Waals surface area (Å²) < 4.78 is 2.50. The standard InChI is InChI=1S/C23H36N4O/c1-23(2,16-26(3)4)17-27-21-13-12-18(9-8-14-24-28)15-20(21)25-22(27)19-10-6-5-7-11-19/h8,12-15,19,24,28H,5-7,9-11,16-17H2,1-4H3/b14-8+. The lowest BCUT2D eigenvalue weighted by molar-refractivity contribution is 0.209. The van der Waals surface area contributed by atoms with Crippen LogP contribution in [0, 0.1) is 5.41 Å². The Morgan fingerprint density at radius 2 is 2.00 bits per heavy atom. The number of aromatic nitrogens is 2. The van der Waals surface area contributed by atoms with E-state index < -0.39 is 0 Å². The highest BCUT2D eigenvalue weighted by atomic mass is 16.5. The SMILES string of the molecule is CN(C)CC(C)(C)Cn1c(C2CCCCC2)nc2cc(C/C=C/NO)ccc21. The number of hydrogen-bond acceptors (Lipinski definition) is 4. The molecule has 0 saturated heterocycles. The molecule has 0 amide bonds. The van der Waals surface area contributed by atoms with E-state index in [1.54, 1.807) is 6.20 Å². The fraction of sp³-hybridized carbons (Fsp3) is 0.609. The molecule has 0 spiro atoms. The number of nitrogens with zero attached hydrogens (tertiary/aromatic N) is 3. The van der Waals surface area contributed by atoms with Crippen molar-refractivity contribution in [2.24, 2.45) is 5.41 Å². The van der Waals surface area contributed by atoms with Crippen LogP contribution in [0.5, 0.6) is 0 Å². The van der Waals surface area contributed by atoms with Crippen molar-refractivity contribution in [2.45, 2.75) is 64.8 Å². The molecule has 154 valence electrons. The summed E-state index contributed by atoms with van der Waals surface area (Å²) in [6.07, 6.45) is 10.8. The number of hydrogen-bond donors (Lipinski definition) is 2. The summed E-state index contributed by atoms with van der Waals surface area (Å²) in [5.74, 6) is 1.87. The lowest BCUT2D eigenvalue weighted by atomic mass is 9.88. The molecule has 1 aromatic carbocycles. The third kappa shape index (κ3) is 5.15. The molecule has 1 aromatic heterocycles. The highest BCUT2D eigenvalue weighted by Gasteiger charge is 2.27. The summed E-state index contributed by atoms with van der Waals surface area (Å²) >= 11 is 0. The Hall–Kier alpha value is -1.85. The topological polar surface area (TPSA) is 53.3 Å². The fourth-order valence-electron chi connectivity index (χ4n) is 4.74. The van der Waals surface area contributed by atoms with Gasteiger partial charge in [0.15, 0.2) is 0 Å². The highest BCUT2D eigenvalue weighted by Crippen LogP contribution is 2.35. The van der Waals surface area contributed by atoms with E-state index in [1.807, 2.05) is 6.08 Å². The van der Waals surface area contributed by atoms with Crippen molar-refractivity contribution in [2.75, 3.05) is 20.6 Å². The van der Waals surface area contributed by atoms with Crippen LogP contribution in [0.4, 0.5) is 0 Å². The van der Waals surface area contributed by atoms with Crippen LogP contribution in [0.1, 0.15) is 63.3 Å². The van der Waals surface area contributed by atoms with Crippen LogP contribution >= 0.6 is 0 Å². The van der Waals surface area contributed by atoms with Crippen molar-refractivity contribution in [1.82, 2.24) is 19.9 Å². The molecule has 0 atom stereocenters. The lowest BCUT2D eigenvalue weighted by Crippen LogP contribution is -2.33. The van der Waals surface area contributed by atoms with Gasteiger partial charge in [-0.3, -0.25) is 10.7 Å². The van der Waals surface area contributed by atoms with E-state index in [0.29, 0.717) is 5.92 Å². The third-order valence-corrected chi connectivity index (χ3v) is 5.69. The molecule has 5 nitrogen and oxygen atoms in total. The zero-order valence-corrected chi connectivity index (χ0v) is 17.9. The molecule has 0 bridgehead atoms. The Labute approximate surface area is 169 Å².